The maximum Gasteiger partial charge on any atom is 0.271 e. The predicted octanol–water partition coefficient (Wildman–Crippen LogP) is 2.34. The van der Waals surface area contributed by atoms with Crippen LogP contribution in [0.1, 0.15) is 12.5 Å². The van der Waals surface area contributed by atoms with Gasteiger partial charge in [0.1, 0.15) is 4.70 Å². The van der Waals surface area contributed by atoms with Crippen LogP contribution in [-0.4, -0.2) is 9.55 Å². The number of fused-ring (bicyclic) bond motifs is 1. The third kappa shape index (κ3) is 1.72. The summed E-state index contributed by atoms with van der Waals surface area (Å²) >= 11 is 1.46. The molecule has 2 aromatic heterocycles. The number of aryl methyl sites for hydroxylation is 1. The Labute approximate surface area is 91.7 Å². The van der Waals surface area contributed by atoms with Crippen LogP contribution in [0.15, 0.2) is 28.7 Å². The Hall–Kier alpha value is -1.42. The first-order valence-corrected chi connectivity index (χ1v) is 5.55. The van der Waals surface area contributed by atoms with Gasteiger partial charge in [0.05, 0.1) is 11.8 Å². The van der Waals surface area contributed by atoms with Crippen LogP contribution in [0.5, 0.6) is 0 Å². The Morgan fingerprint density at radius 1 is 1.67 bits per heavy atom. The molecule has 2 rings (SSSR count). The van der Waals surface area contributed by atoms with Crippen molar-refractivity contribution < 1.29 is 0 Å². The van der Waals surface area contributed by atoms with Gasteiger partial charge in [-0.15, -0.1) is 11.3 Å². The van der Waals surface area contributed by atoms with Crippen LogP contribution in [0, 0.1) is 6.92 Å². The van der Waals surface area contributed by atoms with E-state index in [0.29, 0.717) is 6.54 Å². The molecule has 0 saturated carbocycles. The molecular formula is C11H12N2OS. The predicted molar refractivity (Wildman–Crippen MR) is 63.4 cm³/mol. The normalized spacial score (nSPS) is 10.8. The molecule has 0 fully saturated rings. The monoisotopic (exact) mass is 220 g/mol. The maximum absolute atomic E-state index is 12.0. The Morgan fingerprint density at radius 2 is 2.40 bits per heavy atom. The quantitative estimate of drug-likeness (QED) is 0.728. The summed E-state index contributed by atoms with van der Waals surface area (Å²) in [5, 5.41) is 1.96. The molecule has 0 aliphatic heterocycles. The summed E-state index contributed by atoms with van der Waals surface area (Å²) in [6.45, 7) is 8.20. The molecule has 0 radical (unpaired) electrons. The van der Waals surface area contributed by atoms with Crippen LogP contribution in [0.25, 0.3) is 10.2 Å². The molecule has 0 unspecified atom stereocenters. The summed E-state index contributed by atoms with van der Waals surface area (Å²) in [5.74, 6) is 0. The van der Waals surface area contributed by atoms with Gasteiger partial charge in [0.2, 0.25) is 0 Å². The molecule has 4 heteroatoms. The number of nitrogens with zero attached hydrogens (tertiary/aromatic N) is 2. The van der Waals surface area contributed by atoms with E-state index < -0.39 is 0 Å². The molecule has 0 saturated heterocycles. The fraction of sp³-hybridized carbons (Fsp3) is 0.273. The largest absolute Gasteiger partial charge is 0.294 e. The van der Waals surface area contributed by atoms with Gasteiger partial charge in [-0.1, -0.05) is 12.2 Å². The van der Waals surface area contributed by atoms with E-state index >= 15 is 0 Å². The number of rotatable bonds is 2. The van der Waals surface area contributed by atoms with E-state index in [1.807, 2.05) is 19.2 Å². The van der Waals surface area contributed by atoms with Gasteiger partial charge < -0.3 is 0 Å². The van der Waals surface area contributed by atoms with E-state index in [4.69, 9.17) is 0 Å². The average molecular weight is 220 g/mol. The van der Waals surface area contributed by atoms with Crippen molar-refractivity contribution in [1.29, 1.82) is 0 Å². The van der Waals surface area contributed by atoms with Crippen molar-refractivity contribution >= 4 is 21.6 Å². The van der Waals surface area contributed by atoms with Gasteiger partial charge in [-0.2, -0.15) is 0 Å². The third-order valence-electron chi connectivity index (χ3n) is 2.16. The highest BCUT2D eigenvalue weighted by atomic mass is 32.1. The SMILES string of the molecule is C=C(C)Cn1cnc2c(C)csc2c1=O. The lowest BCUT2D eigenvalue weighted by Crippen LogP contribution is -2.20. The summed E-state index contributed by atoms with van der Waals surface area (Å²) in [7, 11) is 0. The first-order valence-electron chi connectivity index (χ1n) is 4.67. The minimum absolute atomic E-state index is 0.0288. The van der Waals surface area contributed by atoms with E-state index in [1.54, 1.807) is 10.9 Å². The summed E-state index contributed by atoms with van der Waals surface area (Å²) in [6, 6.07) is 0. The first-order chi connectivity index (χ1) is 7.09. The van der Waals surface area contributed by atoms with E-state index in [0.717, 1.165) is 21.4 Å². The minimum Gasteiger partial charge on any atom is -0.294 e. The van der Waals surface area contributed by atoms with E-state index in [-0.39, 0.29) is 5.56 Å². The zero-order valence-electron chi connectivity index (χ0n) is 8.78. The van der Waals surface area contributed by atoms with Gasteiger partial charge >= 0.3 is 0 Å². The van der Waals surface area contributed by atoms with Crippen LogP contribution in [0.4, 0.5) is 0 Å². The fourth-order valence-corrected chi connectivity index (χ4v) is 2.41. The van der Waals surface area contributed by atoms with Crippen molar-refractivity contribution in [3.63, 3.8) is 0 Å². The lowest BCUT2D eigenvalue weighted by molar-refractivity contribution is 0.739. The Morgan fingerprint density at radius 3 is 3.07 bits per heavy atom. The summed E-state index contributed by atoms with van der Waals surface area (Å²) in [4.78, 5) is 16.3. The van der Waals surface area contributed by atoms with Gasteiger partial charge in [-0.25, -0.2) is 4.98 Å². The van der Waals surface area contributed by atoms with E-state index in [1.165, 1.54) is 11.3 Å². The Kier molecular flexibility index (Phi) is 2.44. The molecule has 3 nitrogen and oxygen atoms in total. The second-order valence-electron chi connectivity index (χ2n) is 3.73. The molecule has 0 aliphatic rings. The van der Waals surface area contributed by atoms with Crippen LogP contribution in [0.3, 0.4) is 0 Å². The highest BCUT2D eigenvalue weighted by Gasteiger charge is 2.07. The zero-order valence-corrected chi connectivity index (χ0v) is 9.60. The second-order valence-corrected chi connectivity index (χ2v) is 4.61. The Bertz CT molecular complexity index is 580. The van der Waals surface area contributed by atoms with Crippen LogP contribution >= 0.6 is 11.3 Å². The highest BCUT2D eigenvalue weighted by molar-refractivity contribution is 7.17. The van der Waals surface area contributed by atoms with Gasteiger partial charge in [0.25, 0.3) is 5.56 Å². The molecule has 0 aliphatic carbocycles. The van der Waals surface area contributed by atoms with Gasteiger partial charge in [0, 0.05) is 6.54 Å². The number of hydrogen-bond acceptors (Lipinski definition) is 3. The van der Waals surface area contributed by atoms with E-state index in [9.17, 15) is 4.79 Å². The average Bonchev–Trinajstić information content (AvgIpc) is 2.53. The van der Waals surface area contributed by atoms with Crippen molar-refractivity contribution in [2.45, 2.75) is 20.4 Å². The molecular weight excluding hydrogens is 208 g/mol. The number of hydrogen-bond donors (Lipinski definition) is 0. The van der Waals surface area contributed by atoms with Crippen LogP contribution in [-0.2, 0) is 6.54 Å². The lowest BCUT2D eigenvalue weighted by atomic mass is 10.3. The molecule has 0 amide bonds. The van der Waals surface area contributed by atoms with E-state index in [2.05, 4.69) is 11.6 Å². The maximum atomic E-state index is 12.0. The van der Waals surface area contributed by atoms with Crippen molar-refractivity contribution in [1.82, 2.24) is 9.55 Å². The smallest absolute Gasteiger partial charge is 0.271 e. The van der Waals surface area contributed by atoms with Crippen molar-refractivity contribution in [2.75, 3.05) is 0 Å². The molecule has 0 aromatic carbocycles. The second kappa shape index (κ2) is 3.62. The highest BCUT2D eigenvalue weighted by Crippen LogP contribution is 2.19. The number of aromatic nitrogens is 2. The molecule has 0 N–H and O–H groups in total. The number of thiophene rings is 1. The Balaban J connectivity index is 2.66. The van der Waals surface area contributed by atoms with Crippen LogP contribution in [0.2, 0.25) is 0 Å². The third-order valence-corrected chi connectivity index (χ3v) is 3.24. The van der Waals surface area contributed by atoms with Crippen molar-refractivity contribution in [2.24, 2.45) is 0 Å². The summed E-state index contributed by atoms with van der Waals surface area (Å²) in [6.07, 6.45) is 1.60. The molecule has 78 valence electrons. The topological polar surface area (TPSA) is 34.9 Å². The minimum atomic E-state index is 0.0288. The zero-order chi connectivity index (χ0) is 11.0. The standard InChI is InChI=1S/C11H12N2OS/c1-7(2)4-13-6-12-9-8(3)5-15-10(9)11(13)14/h5-6H,1,4H2,2-3H3. The molecule has 0 bridgehead atoms. The van der Waals surface area contributed by atoms with Gasteiger partial charge in [-0.05, 0) is 24.8 Å². The molecule has 0 spiro atoms. The molecule has 2 heterocycles. The van der Waals surface area contributed by atoms with Crippen LogP contribution < -0.4 is 5.56 Å². The van der Waals surface area contributed by atoms with Crippen molar-refractivity contribution in [3.05, 3.63) is 39.8 Å². The summed E-state index contributed by atoms with van der Waals surface area (Å²) < 4.78 is 2.33. The summed E-state index contributed by atoms with van der Waals surface area (Å²) in [5.41, 5.74) is 2.87. The van der Waals surface area contributed by atoms with Gasteiger partial charge in [0.15, 0.2) is 0 Å². The van der Waals surface area contributed by atoms with Crippen molar-refractivity contribution in [3.8, 4) is 0 Å². The number of allylic oxidation sites excluding steroid dienone is 1. The molecule has 2 aromatic rings. The fourth-order valence-electron chi connectivity index (χ4n) is 1.46. The lowest BCUT2D eigenvalue weighted by Gasteiger charge is -2.03. The first kappa shape index (κ1) is 10.1. The molecule has 0 atom stereocenters. The molecule has 15 heavy (non-hydrogen) atoms. The van der Waals surface area contributed by atoms with Gasteiger partial charge in [-0.3, -0.25) is 9.36 Å².